The molecule has 0 aliphatic carbocycles. The zero-order chi connectivity index (χ0) is 17.6. The van der Waals surface area contributed by atoms with Crippen LogP contribution in [-0.2, 0) is 11.3 Å². The Kier molecular flexibility index (Phi) is 5.69. The van der Waals surface area contributed by atoms with Gasteiger partial charge >= 0.3 is 0 Å². The van der Waals surface area contributed by atoms with Gasteiger partial charge in [0.05, 0.1) is 30.5 Å². The van der Waals surface area contributed by atoms with Crippen LogP contribution in [0.2, 0.25) is 0 Å². The molecule has 2 aromatic rings. The Balaban J connectivity index is 1.49. The number of para-hydroxylation sites is 1. The summed E-state index contributed by atoms with van der Waals surface area (Å²) in [4.78, 5) is 2.34. The maximum atomic E-state index is 9.10. The summed E-state index contributed by atoms with van der Waals surface area (Å²) in [6, 6.07) is 11.6. The summed E-state index contributed by atoms with van der Waals surface area (Å²) in [5, 5.41) is 13.6. The van der Waals surface area contributed by atoms with Crippen LogP contribution in [0.1, 0.15) is 17.0 Å². The second-order valence-corrected chi connectivity index (χ2v) is 6.36. The molecule has 25 heavy (non-hydrogen) atoms. The highest BCUT2D eigenvalue weighted by atomic mass is 16.5. The number of hydrogen-bond donors (Lipinski definition) is 0. The summed E-state index contributed by atoms with van der Waals surface area (Å²) in [5.41, 5.74) is 2.77. The van der Waals surface area contributed by atoms with Crippen LogP contribution in [0.25, 0.3) is 0 Å². The summed E-state index contributed by atoms with van der Waals surface area (Å²) >= 11 is 0. The molecule has 1 fully saturated rings. The van der Waals surface area contributed by atoms with Gasteiger partial charge in [0, 0.05) is 25.3 Å². The molecule has 0 N–H and O–H groups in total. The van der Waals surface area contributed by atoms with Gasteiger partial charge in [0.25, 0.3) is 0 Å². The second-order valence-electron chi connectivity index (χ2n) is 6.36. The lowest BCUT2D eigenvalue weighted by atomic mass is 10.2. The third-order valence-corrected chi connectivity index (χ3v) is 4.38. The van der Waals surface area contributed by atoms with Gasteiger partial charge in [0.2, 0.25) is 0 Å². The smallest absolute Gasteiger partial charge is 0.137 e. The van der Waals surface area contributed by atoms with Gasteiger partial charge in [-0.3, -0.25) is 9.58 Å². The van der Waals surface area contributed by atoms with E-state index in [0.717, 1.165) is 44.2 Å². The maximum Gasteiger partial charge on any atom is 0.137 e. The van der Waals surface area contributed by atoms with Gasteiger partial charge < -0.3 is 9.47 Å². The number of morpholine rings is 1. The maximum absolute atomic E-state index is 9.10. The number of benzene rings is 1. The van der Waals surface area contributed by atoms with E-state index in [0.29, 0.717) is 17.9 Å². The third kappa shape index (κ3) is 4.59. The van der Waals surface area contributed by atoms with Crippen molar-refractivity contribution in [2.24, 2.45) is 0 Å². The van der Waals surface area contributed by atoms with Crippen molar-refractivity contribution in [3.05, 3.63) is 47.3 Å². The first-order valence-corrected chi connectivity index (χ1v) is 8.62. The third-order valence-electron chi connectivity index (χ3n) is 4.38. The van der Waals surface area contributed by atoms with Crippen molar-refractivity contribution in [1.29, 1.82) is 5.26 Å². The molecule has 0 saturated carbocycles. The van der Waals surface area contributed by atoms with E-state index in [4.69, 9.17) is 14.7 Å². The number of nitriles is 1. The Morgan fingerprint density at radius 1 is 1.36 bits per heavy atom. The monoisotopic (exact) mass is 340 g/mol. The molecule has 1 atom stereocenters. The van der Waals surface area contributed by atoms with Gasteiger partial charge in [-0.15, -0.1) is 0 Å². The van der Waals surface area contributed by atoms with Gasteiger partial charge in [-0.1, -0.05) is 12.1 Å². The molecule has 2 heterocycles. The van der Waals surface area contributed by atoms with E-state index in [1.807, 2.05) is 29.8 Å². The van der Waals surface area contributed by atoms with Crippen LogP contribution in [0.4, 0.5) is 0 Å². The van der Waals surface area contributed by atoms with Crippen molar-refractivity contribution in [2.75, 3.05) is 32.8 Å². The standard InChI is InChI=1S/C19H24N4O2/c1-15-11-16(2)23(21-15)14-18-13-22(7-9-24-18)8-10-25-19-6-4-3-5-17(19)12-20/h3-6,11,18H,7-10,13-14H2,1-2H3. The molecule has 1 aliphatic heterocycles. The second kappa shape index (κ2) is 8.15. The molecule has 6 nitrogen and oxygen atoms in total. The van der Waals surface area contributed by atoms with Gasteiger partial charge in [0.15, 0.2) is 0 Å². The Morgan fingerprint density at radius 3 is 2.96 bits per heavy atom. The number of nitrogens with zero attached hydrogens (tertiary/aromatic N) is 4. The lowest BCUT2D eigenvalue weighted by Crippen LogP contribution is -2.45. The van der Waals surface area contributed by atoms with Gasteiger partial charge in [-0.2, -0.15) is 10.4 Å². The number of ether oxygens (including phenoxy) is 2. The predicted octanol–water partition coefficient (Wildman–Crippen LogP) is 2.15. The predicted molar refractivity (Wildman–Crippen MR) is 94.5 cm³/mol. The molecule has 1 unspecified atom stereocenters. The molecule has 1 aromatic carbocycles. The Bertz CT molecular complexity index is 750. The number of hydrogen-bond acceptors (Lipinski definition) is 5. The molecule has 0 bridgehead atoms. The van der Waals surface area contributed by atoms with E-state index in [2.05, 4.69) is 29.1 Å². The Labute approximate surface area is 148 Å². The largest absolute Gasteiger partial charge is 0.491 e. The van der Waals surface area contributed by atoms with E-state index in [1.54, 1.807) is 6.07 Å². The van der Waals surface area contributed by atoms with E-state index in [1.165, 1.54) is 0 Å². The van der Waals surface area contributed by atoms with Crippen LogP contribution < -0.4 is 4.74 Å². The zero-order valence-electron chi connectivity index (χ0n) is 14.8. The van der Waals surface area contributed by atoms with Crippen molar-refractivity contribution < 1.29 is 9.47 Å². The first-order chi connectivity index (χ1) is 12.2. The lowest BCUT2D eigenvalue weighted by Gasteiger charge is -2.33. The summed E-state index contributed by atoms with van der Waals surface area (Å²) in [7, 11) is 0. The quantitative estimate of drug-likeness (QED) is 0.806. The molecule has 0 amide bonds. The molecule has 132 valence electrons. The number of rotatable bonds is 6. The minimum Gasteiger partial charge on any atom is -0.491 e. The highest BCUT2D eigenvalue weighted by molar-refractivity contribution is 5.42. The average molecular weight is 340 g/mol. The van der Waals surface area contributed by atoms with Crippen LogP contribution in [-0.4, -0.2) is 53.6 Å². The van der Waals surface area contributed by atoms with Crippen LogP contribution in [0, 0.1) is 25.2 Å². The van der Waals surface area contributed by atoms with Gasteiger partial charge in [-0.05, 0) is 32.0 Å². The topological polar surface area (TPSA) is 63.3 Å². The van der Waals surface area contributed by atoms with Crippen molar-refractivity contribution in [1.82, 2.24) is 14.7 Å². The summed E-state index contributed by atoms with van der Waals surface area (Å²) in [5.74, 6) is 0.650. The highest BCUT2D eigenvalue weighted by Crippen LogP contribution is 2.16. The molecule has 6 heteroatoms. The lowest BCUT2D eigenvalue weighted by molar-refractivity contribution is -0.0403. The summed E-state index contributed by atoms with van der Waals surface area (Å²) in [6.07, 6.45) is 0.137. The molecule has 3 rings (SSSR count). The molecule has 0 radical (unpaired) electrons. The van der Waals surface area contributed by atoms with Crippen LogP contribution >= 0.6 is 0 Å². The van der Waals surface area contributed by atoms with E-state index < -0.39 is 0 Å². The summed E-state index contributed by atoms with van der Waals surface area (Å²) < 4.78 is 13.7. The highest BCUT2D eigenvalue weighted by Gasteiger charge is 2.21. The number of aryl methyl sites for hydroxylation is 2. The number of aromatic nitrogens is 2. The Hall–Kier alpha value is -2.36. The minimum absolute atomic E-state index is 0.137. The molecule has 1 aliphatic rings. The summed E-state index contributed by atoms with van der Waals surface area (Å²) in [6.45, 7) is 8.71. The first kappa shape index (κ1) is 17.5. The minimum atomic E-state index is 0.137. The van der Waals surface area contributed by atoms with Crippen LogP contribution in [0.3, 0.4) is 0 Å². The SMILES string of the molecule is Cc1cc(C)n(CC2CN(CCOc3ccccc3C#N)CCO2)n1. The van der Waals surface area contributed by atoms with Crippen molar-refractivity contribution in [3.8, 4) is 11.8 Å². The Morgan fingerprint density at radius 2 is 2.20 bits per heavy atom. The fourth-order valence-corrected chi connectivity index (χ4v) is 3.12. The fourth-order valence-electron chi connectivity index (χ4n) is 3.12. The van der Waals surface area contributed by atoms with Crippen molar-refractivity contribution in [2.45, 2.75) is 26.5 Å². The molecular formula is C19H24N4O2. The van der Waals surface area contributed by atoms with E-state index in [9.17, 15) is 0 Å². The molecule has 1 aromatic heterocycles. The van der Waals surface area contributed by atoms with Crippen LogP contribution in [0.15, 0.2) is 30.3 Å². The average Bonchev–Trinajstić information content (AvgIpc) is 2.93. The van der Waals surface area contributed by atoms with E-state index in [-0.39, 0.29) is 6.10 Å². The first-order valence-electron chi connectivity index (χ1n) is 8.62. The molecular weight excluding hydrogens is 316 g/mol. The zero-order valence-corrected chi connectivity index (χ0v) is 14.8. The normalized spacial score (nSPS) is 18.0. The van der Waals surface area contributed by atoms with Crippen LogP contribution in [0.5, 0.6) is 5.75 Å². The van der Waals surface area contributed by atoms with Gasteiger partial charge in [0.1, 0.15) is 18.4 Å². The van der Waals surface area contributed by atoms with Crippen molar-refractivity contribution in [3.63, 3.8) is 0 Å². The van der Waals surface area contributed by atoms with Crippen molar-refractivity contribution >= 4 is 0 Å². The fraction of sp³-hybridized carbons (Fsp3) is 0.474. The molecule has 1 saturated heterocycles. The van der Waals surface area contributed by atoms with Gasteiger partial charge in [-0.25, -0.2) is 0 Å². The molecule has 0 spiro atoms. The van der Waals surface area contributed by atoms with E-state index >= 15 is 0 Å².